The van der Waals surface area contributed by atoms with Gasteiger partial charge in [-0.2, -0.15) is 0 Å². The van der Waals surface area contributed by atoms with Crippen LogP contribution in [0.4, 0.5) is 0 Å². The number of carbonyl (C=O) groups is 1. The molecular weight excluding hydrogens is 234 g/mol. The predicted molar refractivity (Wildman–Crippen MR) is 62.8 cm³/mol. The van der Waals surface area contributed by atoms with E-state index in [2.05, 4.69) is 0 Å². The molecule has 1 aromatic rings. The Bertz CT molecular complexity index is 342. The quantitative estimate of drug-likeness (QED) is 0.802. The largest absolute Gasteiger partial charge is 0.368 e. The van der Waals surface area contributed by atoms with Gasteiger partial charge in [0.2, 0.25) is 5.91 Å². The van der Waals surface area contributed by atoms with E-state index in [1.54, 1.807) is 0 Å². The lowest BCUT2D eigenvalue weighted by molar-refractivity contribution is -0.119. The van der Waals surface area contributed by atoms with Gasteiger partial charge in [-0.05, 0) is 19.2 Å². The Kier molecular flexibility index (Phi) is 4.53. The Morgan fingerprint density at radius 2 is 2.33 bits per heavy atom. The second-order valence-corrected chi connectivity index (χ2v) is 5.21. The zero-order chi connectivity index (χ0) is 11.4. The highest BCUT2D eigenvalue weighted by Gasteiger charge is 2.12. The van der Waals surface area contributed by atoms with Crippen molar-refractivity contribution in [3.05, 3.63) is 21.3 Å². The molecule has 1 atom stereocenters. The number of likely N-dealkylation sites (N-methyl/N-ethyl adjacent to an activating group) is 1. The Morgan fingerprint density at radius 3 is 2.80 bits per heavy atom. The molecule has 1 aromatic heterocycles. The first-order chi connectivity index (χ1) is 6.99. The molecule has 4 N–H and O–H groups in total. The van der Waals surface area contributed by atoms with E-state index in [-0.39, 0.29) is 0 Å². The van der Waals surface area contributed by atoms with Crippen LogP contribution < -0.4 is 11.5 Å². The van der Waals surface area contributed by atoms with Crippen LogP contribution in [0.2, 0.25) is 4.34 Å². The molecule has 1 amide bonds. The SMILES string of the molecule is CN(Cc1ccc(Cl)s1)CC(N)C(N)=O. The van der Waals surface area contributed by atoms with E-state index in [0.717, 1.165) is 15.8 Å². The number of thiophene rings is 1. The lowest BCUT2D eigenvalue weighted by atomic mass is 10.3. The normalized spacial score (nSPS) is 13.1. The third-order valence-electron chi connectivity index (χ3n) is 1.93. The van der Waals surface area contributed by atoms with Gasteiger partial charge in [0.15, 0.2) is 0 Å². The molecule has 0 radical (unpaired) electrons. The minimum absolute atomic E-state index is 0.449. The van der Waals surface area contributed by atoms with E-state index >= 15 is 0 Å². The number of amides is 1. The fourth-order valence-electron chi connectivity index (χ4n) is 1.19. The molecule has 0 bridgehead atoms. The molecule has 0 aromatic carbocycles. The van der Waals surface area contributed by atoms with Crippen molar-refractivity contribution in [1.29, 1.82) is 0 Å². The molecule has 0 saturated carbocycles. The summed E-state index contributed by atoms with van der Waals surface area (Å²) >= 11 is 7.32. The first-order valence-corrected chi connectivity index (χ1v) is 5.66. The van der Waals surface area contributed by atoms with Crippen molar-refractivity contribution in [3.8, 4) is 0 Å². The van der Waals surface area contributed by atoms with Crippen molar-refractivity contribution in [2.24, 2.45) is 11.5 Å². The summed E-state index contributed by atoms with van der Waals surface area (Å²) in [6.07, 6.45) is 0. The summed E-state index contributed by atoms with van der Waals surface area (Å²) in [5.41, 5.74) is 10.6. The highest BCUT2D eigenvalue weighted by molar-refractivity contribution is 7.16. The number of carbonyl (C=O) groups excluding carboxylic acids is 1. The summed E-state index contributed by atoms with van der Waals surface area (Å²) in [4.78, 5) is 13.8. The first kappa shape index (κ1) is 12.4. The lowest BCUT2D eigenvalue weighted by Crippen LogP contribution is -2.44. The van der Waals surface area contributed by atoms with E-state index < -0.39 is 11.9 Å². The number of hydrogen-bond donors (Lipinski definition) is 2. The van der Waals surface area contributed by atoms with Crippen molar-refractivity contribution >= 4 is 28.8 Å². The summed E-state index contributed by atoms with van der Waals surface area (Å²) in [6.45, 7) is 1.17. The molecule has 1 heterocycles. The van der Waals surface area contributed by atoms with E-state index in [9.17, 15) is 4.79 Å². The van der Waals surface area contributed by atoms with Crippen molar-refractivity contribution in [2.45, 2.75) is 12.6 Å². The Hall–Kier alpha value is -0.620. The summed E-state index contributed by atoms with van der Waals surface area (Å²) in [6, 6.07) is 3.19. The van der Waals surface area contributed by atoms with Crippen LogP contribution in [-0.2, 0) is 11.3 Å². The minimum Gasteiger partial charge on any atom is -0.368 e. The zero-order valence-electron chi connectivity index (χ0n) is 8.44. The van der Waals surface area contributed by atoms with E-state index in [1.807, 2.05) is 24.1 Å². The van der Waals surface area contributed by atoms with Gasteiger partial charge in [-0.15, -0.1) is 11.3 Å². The van der Waals surface area contributed by atoms with E-state index in [0.29, 0.717) is 6.54 Å². The Labute approximate surface area is 97.8 Å². The van der Waals surface area contributed by atoms with Crippen molar-refractivity contribution in [2.75, 3.05) is 13.6 Å². The maximum absolute atomic E-state index is 10.7. The molecule has 84 valence electrons. The summed E-state index contributed by atoms with van der Waals surface area (Å²) in [5, 5.41) is 0. The average Bonchev–Trinajstić information content (AvgIpc) is 2.50. The van der Waals surface area contributed by atoms with Gasteiger partial charge in [-0.1, -0.05) is 11.6 Å². The molecule has 0 aliphatic rings. The van der Waals surface area contributed by atoms with Crippen molar-refractivity contribution in [1.82, 2.24) is 4.90 Å². The Morgan fingerprint density at radius 1 is 1.67 bits per heavy atom. The van der Waals surface area contributed by atoms with Gasteiger partial charge in [-0.25, -0.2) is 0 Å². The molecule has 0 aliphatic heterocycles. The predicted octanol–water partition coefficient (Wildman–Crippen LogP) is 0.646. The number of nitrogens with zero attached hydrogens (tertiary/aromatic N) is 1. The molecule has 15 heavy (non-hydrogen) atoms. The van der Waals surface area contributed by atoms with Crippen LogP contribution in [0.25, 0.3) is 0 Å². The number of hydrogen-bond acceptors (Lipinski definition) is 4. The second kappa shape index (κ2) is 5.46. The number of nitrogens with two attached hydrogens (primary N) is 2. The monoisotopic (exact) mass is 247 g/mol. The fraction of sp³-hybridized carbons (Fsp3) is 0.444. The van der Waals surface area contributed by atoms with Gasteiger partial charge < -0.3 is 11.5 Å². The van der Waals surface area contributed by atoms with Crippen LogP contribution in [-0.4, -0.2) is 30.4 Å². The van der Waals surface area contributed by atoms with Crippen LogP contribution in [0.15, 0.2) is 12.1 Å². The van der Waals surface area contributed by atoms with Gasteiger partial charge >= 0.3 is 0 Å². The van der Waals surface area contributed by atoms with Crippen LogP contribution in [0.3, 0.4) is 0 Å². The molecule has 1 rings (SSSR count). The van der Waals surface area contributed by atoms with Crippen LogP contribution in [0.5, 0.6) is 0 Å². The molecule has 4 nitrogen and oxygen atoms in total. The summed E-state index contributed by atoms with van der Waals surface area (Å²) < 4.78 is 0.762. The molecule has 0 fully saturated rings. The van der Waals surface area contributed by atoms with Gasteiger partial charge in [-0.3, -0.25) is 9.69 Å². The molecule has 0 saturated heterocycles. The third kappa shape index (κ3) is 4.17. The zero-order valence-corrected chi connectivity index (χ0v) is 10.0. The second-order valence-electron chi connectivity index (χ2n) is 3.41. The van der Waals surface area contributed by atoms with E-state index in [1.165, 1.54) is 11.3 Å². The fourth-order valence-corrected chi connectivity index (χ4v) is 2.36. The van der Waals surface area contributed by atoms with Crippen LogP contribution in [0, 0.1) is 0 Å². The third-order valence-corrected chi connectivity index (χ3v) is 3.14. The highest BCUT2D eigenvalue weighted by Crippen LogP contribution is 2.22. The minimum atomic E-state index is -0.620. The standard InChI is InChI=1S/C9H14ClN3OS/c1-13(5-7(11)9(12)14)4-6-2-3-8(10)15-6/h2-3,7H,4-5,11H2,1H3,(H2,12,14). The summed E-state index contributed by atoms with van der Waals surface area (Å²) in [7, 11) is 1.89. The molecule has 0 spiro atoms. The number of primary amides is 1. The molecule has 0 aliphatic carbocycles. The molecular formula is C9H14ClN3OS. The van der Waals surface area contributed by atoms with Gasteiger partial charge in [0.1, 0.15) is 0 Å². The van der Waals surface area contributed by atoms with Gasteiger partial charge in [0.05, 0.1) is 10.4 Å². The smallest absolute Gasteiger partial charge is 0.235 e. The topological polar surface area (TPSA) is 72.3 Å². The Balaban J connectivity index is 2.42. The summed E-state index contributed by atoms with van der Waals surface area (Å²) in [5.74, 6) is -0.480. The molecule has 6 heteroatoms. The van der Waals surface area contributed by atoms with Crippen molar-refractivity contribution < 1.29 is 4.79 Å². The lowest BCUT2D eigenvalue weighted by Gasteiger charge is -2.18. The van der Waals surface area contributed by atoms with Crippen LogP contribution in [0.1, 0.15) is 4.88 Å². The van der Waals surface area contributed by atoms with Crippen molar-refractivity contribution in [3.63, 3.8) is 0 Å². The van der Waals surface area contributed by atoms with Crippen LogP contribution >= 0.6 is 22.9 Å². The molecule has 1 unspecified atom stereocenters. The first-order valence-electron chi connectivity index (χ1n) is 4.46. The maximum atomic E-state index is 10.7. The van der Waals surface area contributed by atoms with Gasteiger partial charge in [0, 0.05) is 18.0 Å². The highest BCUT2D eigenvalue weighted by atomic mass is 35.5. The average molecular weight is 248 g/mol. The number of rotatable bonds is 5. The van der Waals surface area contributed by atoms with Gasteiger partial charge in [0.25, 0.3) is 0 Å². The number of halogens is 1. The van der Waals surface area contributed by atoms with E-state index in [4.69, 9.17) is 23.1 Å². The maximum Gasteiger partial charge on any atom is 0.235 e.